The van der Waals surface area contributed by atoms with Crippen LogP contribution in [0.15, 0.2) is 23.6 Å². The van der Waals surface area contributed by atoms with Crippen LogP contribution in [0.1, 0.15) is 39.8 Å². The third-order valence-electron chi connectivity index (χ3n) is 4.45. The summed E-state index contributed by atoms with van der Waals surface area (Å²) in [5.74, 6) is 0.676. The number of rotatable bonds is 4. The van der Waals surface area contributed by atoms with E-state index in [2.05, 4.69) is 32.6 Å². The smallest absolute Gasteiger partial charge is 0.274 e. The number of H-pyrrole nitrogens is 1. The van der Waals surface area contributed by atoms with Gasteiger partial charge < -0.3 is 4.90 Å². The Morgan fingerprint density at radius 3 is 2.82 bits per heavy atom. The van der Waals surface area contributed by atoms with Gasteiger partial charge in [0.1, 0.15) is 5.69 Å². The van der Waals surface area contributed by atoms with Crippen molar-refractivity contribution < 1.29 is 4.79 Å². The van der Waals surface area contributed by atoms with Crippen LogP contribution < -0.4 is 0 Å². The molecule has 0 aromatic carbocycles. The monoisotopic (exact) mass is 316 g/mol. The maximum Gasteiger partial charge on any atom is 0.274 e. The summed E-state index contributed by atoms with van der Waals surface area (Å²) < 4.78 is 0. The van der Waals surface area contributed by atoms with Gasteiger partial charge in [0.15, 0.2) is 0 Å². The number of hydrogen-bond donors (Lipinski definition) is 1. The van der Waals surface area contributed by atoms with Crippen molar-refractivity contribution in [3.8, 4) is 0 Å². The van der Waals surface area contributed by atoms with E-state index in [0.717, 1.165) is 38.4 Å². The second kappa shape index (κ2) is 5.85. The van der Waals surface area contributed by atoms with E-state index in [4.69, 9.17) is 0 Å². The van der Waals surface area contributed by atoms with E-state index < -0.39 is 0 Å². The molecule has 1 N–H and O–H groups in total. The number of carbonyl (C=O) groups excluding carboxylic acids is 1. The Kier molecular flexibility index (Phi) is 3.72. The SMILES string of the molecule is O=C(c1cc(C2CC2)[nH]n1)N1CCN(Cc2cccs2)CC1. The number of nitrogens with zero attached hydrogens (tertiary/aromatic N) is 3. The fourth-order valence-corrected chi connectivity index (χ4v) is 3.69. The maximum atomic E-state index is 12.5. The number of aromatic nitrogens is 2. The van der Waals surface area contributed by atoms with Crippen LogP contribution in [0.4, 0.5) is 0 Å². The molecule has 2 aromatic rings. The summed E-state index contributed by atoms with van der Waals surface area (Å²) in [6.45, 7) is 4.44. The number of thiophene rings is 1. The highest BCUT2D eigenvalue weighted by molar-refractivity contribution is 7.09. The molecule has 1 amide bonds. The second-order valence-corrected chi connectivity index (χ2v) is 7.16. The van der Waals surface area contributed by atoms with Crippen molar-refractivity contribution in [2.24, 2.45) is 0 Å². The molecule has 1 saturated carbocycles. The highest BCUT2D eigenvalue weighted by Crippen LogP contribution is 2.39. The standard InChI is InChI=1S/C16H20N4OS/c21-16(15-10-14(17-18-15)12-3-4-12)20-7-5-19(6-8-20)11-13-2-1-9-22-13/h1-2,9-10,12H,3-8,11H2,(H,17,18). The minimum atomic E-state index is 0.0684. The van der Waals surface area contributed by atoms with Crippen LogP contribution in [0.3, 0.4) is 0 Å². The summed E-state index contributed by atoms with van der Waals surface area (Å²) in [5, 5.41) is 9.34. The number of nitrogens with one attached hydrogen (secondary N) is 1. The Labute approximate surface area is 133 Å². The lowest BCUT2D eigenvalue weighted by Crippen LogP contribution is -2.48. The van der Waals surface area contributed by atoms with Crippen LogP contribution in [0.25, 0.3) is 0 Å². The van der Waals surface area contributed by atoms with Gasteiger partial charge in [0, 0.05) is 49.2 Å². The molecule has 0 radical (unpaired) electrons. The molecule has 2 fully saturated rings. The zero-order chi connectivity index (χ0) is 14.9. The van der Waals surface area contributed by atoms with Crippen molar-refractivity contribution in [3.63, 3.8) is 0 Å². The first-order chi connectivity index (χ1) is 10.8. The minimum Gasteiger partial charge on any atom is -0.335 e. The number of carbonyl (C=O) groups is 1. The van der Waals surface area contributed by atoms with Gasteiger partial charge in [-0.2, -0.15) is 5.10 Å². The van der Waals surface area contributed by atoms with Crippen LogP contribution in [-0.2, 0) is 6.54 Å². The van der Waals surface area contributed by atoms with E-state index in [1.54, 1.807) is 11.3 Å². The van der Waals surface area contributed by atoms with Gasteiger partial charge >= 0.3 is 0 Å². The summed E-state index contributed by atoms with van der Waals surface area (Å²) in [4.78, 5) is 18.2. The van der Waals surface area contributed by atoms with E-state index in [9.17, 15) is 4.79 Å². The van der Waals surface area contributed by atoms with Crippen molar-refractivity contribution >= 4 is 17.2 Å². The van der Waals surface area contributed by atoms with Gasteiger partial charge in [0.05, 0.1) is 0 Å². The van der Waals surface area contributed by atoms with Crippen LogP contribution in [0.5, 0.6) is 0 Å². The summed E-state index contributed by atoms with van der Waals surface area (Å²) in [6, 6.07) is 6.21. The molecule has 0 bridgehead atoms. The molecule has 2 aliphatic rings. The number of amides is 1. The van der Waals surface area contributed by atoms with Gasteiger partial charge in [0.25, 0.3) is 5.91 Å². The van der Waals surface area contributed by atoms with Crippen LogP contribution in [0.2, 0.25) is 0 Å². The summed E-state index contributed by atoms with van der Waals surface area (Å²) >= 11 is 1.80. The molecule has 2 aromatic heterocycles. The molecule has 5 nitrogen and oxygen atoms in total. The molecule has 0 unspecified atom stereocenters. The molecular weight excluding hydrogens is 296 g/mol. The Hall–Kier alpha value is -1.66. The van der Waals surface area contributed by atoms with Crippen molar-refractivity contribution in [3.05, 3.63) is 39.8 Å². The van der Waals surface area contributed by atoms with E-state index in [1.807, 2.05) is 11.0 Å². The Morgan fingerprint density at radius 1 is 1.32 bits per heavy atom. The predicted molar refractivity (Wildman–Crippen MR) is 86.1 cm³/mol. The van der Waals surface area contributed by atoms with Crippen molar-refractivity contribution in [1.82, 2.24) is 20.0 Å². The summed E-state index contributed by atoms with van der Waals surface area (Å²) in [5.41, 5.74) is 1.70. The van der Waals surface area contributed by atoms with E-state index in [0.29, 0.717) is 11.6 Å². The number of aromatic amines is 1. The molecule has 1 aliphatic carbocycles. The van der Waals surface area contributed by atoms with Gasteiger partial charge in [0.2, 0.25) is 0 Å². The molecule has 4 rings (SSSR count). The molecular formula is C16H20N4OS. The molecule has 1 aliphatic heterocycles. The van der Waals surface area contributed by atoms with E-state index >= 15 is 0 Å². The largest absolute Gasteiger partial charge is 0.335 e. The first-order valence-electron chi connectivity index (χ1n) is 7.89. The highest BCUT2D eigenvalue weighted by Gasteiger charge is 2.28. The zero-order valence-electron chi connectivity index (χ0n) is 12.5. The molecule has 3 heterocycles. The van der Waals surface area contributed by atoms with Gasteiger partial charge in [-0.25, -0.2) is 0 Å². The molecule has 22 heavy (non-hydrogen) atoms. The van der Waals surface area contributed by atoms with Gasteiger partial charge in [-0.1, -0.05) is 6.07 Å². The molecule has 116 valence electrons. The lowest BCUT2D eigenvalue weighted by molar-refractivity contribution is 0.0624. The summed E-state index contributed by atoms with van der Waals surface area (Å²) in [6.07, 6.45) is 2.44. The average Bonchev–Trinajstić information content (AvgIpc) is 3.06. The summed E-state index contributed by atoms with van der Waals surface area (Å²) in [7, 11) is 0. The molecule has 0 spiro atoms. The van der Waals surface area contributed by atoms with Crippen LogP contribution in [0, 0.1) is 0 Å². The van der Waals surface area contributed by atoms with Crippen LogP contribution >= 0.6 is 11.3 Å². The first-order valence-corrected chi connectivity index (χ1v) is 8.77. The zero-order valence-corrected chi connectivity index (χ0v) is 13.3. The Bertz CT molecular complexity index is 639. The predicted octanol–water partition coefficient (Wildman–Crippen LogP) is 2.31. The molecule has 1 saturated heterocycles. The topological polar surface area (TPSA) is 52.2 Å². The molecule has 6 heteroatoms. The maximum absolute atomic E-state index is 12.5. The molecule has 0 atom stereocenters. The lowest BCUT2D eigenvalue weighted by Gasteiger charge is -2.34. The normalized spacial score (nSPS) is 19.5. The quantitative estimate of drug-likeness (QED) is 0.942. The van der Waals surface area contributed by atoms with Gasteiger partial charge in [-0.3, -0.25) is 14.8 Å². The fourth-order valence-electron chi connectivity index (χ4n) is 2.94. The van der Waals surface area contributed by atoms with Gasteiger partial charge in [-0.15, -0.1) is 11.3 Å². The number of hydrogen-bond acceptors (Lipinski definition) is 4. The average molecular weight is 316 g/mol. The third kappa shape index (κ3) is 2.94. The first kappa shape index (κ1) is 14.0. The van der Waals surface area contributed by atoms with Crippen molar-refractivity contribution in [2.75, 3.05) is 26.2 Å². The fraction of sp³-hybridized carbons (Fsp3) is 0.500. The number of piperazine rings is 1. The van der Waals surface area contributed by atoms with Crippen molar-refractivity contribution in [2.45, 2.75) is 25.3 Å². The second-order valence-electron chi connectivity index (χ2n) is 6.13. The lowest BCUT2D eigenvalue weighted by atomic mass is 10.2. The Morgan fingerprint density at radius 2 is 2.14 bits per heavy atom. The Balaban J connectivity index is 1.33. The highest BCUT2D eigenvalue weighted by atomic mass is 32.1. The minimum absolute atomic E-state index is 0.0684. The van der Waals surface area contributed by atoms with E-state index in [-0.39, 0.29) is 5.91 Å². The van der Waals surface area contributed by atoms with E-state index in [1.165, 1.54) is 17.7 Å². The van der Waals surface area contributed by atoms with Crippen molar-refractivity contribution in [1.29, 1.82) is 0 Å². The van der Waals surface area contributed by atoms with Crippen LogP contribution in [-0.4, -0.2) is 52.1 Å². The van der Waals surface area contributed by atoms with Gasteiger partial charge in [-0.05, 0) is 30.4 Å². The third-order valence-corrected chi connectivity index (χ3v) is 5.31.